The highest BCUT2D eigenvalue weighted by atomic mass is 19.1. The molecule has 0 aliphatic carbocycles. The number of hydrogen-bond acceptors (Lipinski definition) is 4. The molecule has 0 bridgehead atoms. The summed E-state index contributed by atoms with van der Waals surface area (Å²) in [6, 6.07) is 12.3. The van der Waals surface area contributed by atoms with Crippen molar-refractivity contribution in [1.82, 2.24) is 25.7 Å². The van der Waals surface area contributed by atoms with E-state index in [9.17, 15) is 18.8 Å². The van der Waals surface area contributed by atoms with Crippen LogP contribution < -0.4 is 16.0 Å². The van der Waals surface area contributed by atoms with Gasteiger partial charge in [-0.3, -0.25) is 19.1 Å². The Balaban J connectivity index is 1.58. The molecule has 1 fully saturated rings. The Hall–Kier alpha value is -3.75. The summed E-state index contributed by atoms with van der Waals surface area (Å²) in [5.74, 6) is -1.25. The number of para-hydroxylation sites is 1. The van der Waals surface area contributed by atoms with Gasteiger partial charge in [-0.2, -0.15) is 5.10 Å². The largest absolute Gasteiger partial charge is 0.354 e. The fraction of sp³-hybridized carbons (Fsp3) is 0.360. The molecule has 1 saturated heterocycles. The molecule has 8 nitrogen and oxygen atoms in total. The first-order valence-electron chi connectivity index (χ1n) is 11.2. The van der Waals surface area contributed by atoms with Crippen LogP contribution in [0.4, 0.5) is 4.39 Å². The van der Waals surface area contributed by atoms with Gasteiger partial charge in [-0.25, -0.2) is 4.39 Å². The molecule has 2 aromatic carbocycles. The fourth-order valence-electron chi connectivity index (χ4n) is 4.04. The van der Waals surface area contributed by atoms with E-state index in [1.807, 2.05) is 39.0 Å². The molecule has 2 atom stereocenters. The average Bonchev–Trinajstić information content (AvgIpc) is 3.36. The topological polar surface area (TPSA) is 105 Å². The summed E-state index contributed by atoms with van der Waals surface area (Å²) in [6.07, 6.45) is 0.217. The van der Waals surface area contributed by atoms with Crippen molar-refractivity contribution >= 4 is 28.6 Å². The second-order valence-electron chi connectivity index (χ2n) is 9.64. The molecule has 3 N–H and O–H groups in total. The normalized spacial score (nSPS) is 16.8. The Morgan fingerprint density at radius 2 is 1.88 bits per heavy atom. The van der Waals surface area contributed by atoms with Crippen LogP contribution in [-0.2, 0) is 16.1 Å². The van der Waals surface area contributed by atoms with Crippen molar-refractivity contribution in [2.24, 2.45) is 5.41 Å². The SMILES string of the molecule is CC(C)(C)C(NC(=O)c1nn(Cc2ccc(F)cc2)c2ccccc12)C(=O)N[C@@H]1CNC(=O)C1. The van der Waals surface area contributed by atoms with Crippen LogP contribution >= 0.6 is 0 Å². The predicted molar refractivity (Wildman–Crippen MR) is 126 cm³/mol. The predicted octanol–water partition coefficient (Wildman–Crippen LogP) is 2.37. The van der Waals surface area contributed by atoms with Gasteiger partial charge in [0, 0.05) is 18.4 Å². The minimum Gasteiger partial charge on any atom is -0.354 e. The lowest BCUT2D eigenvalue weighted by Gasteiger charge is -2.31. The van der Waals surface area contributed by atoms with E-state index in [-0.39, 0.29) is 35.8 Å². The zero-order valence-corrected chi connectivity index (χ0v) is 19.4. The highest BCUT2D eigenvalue weighted by Crippen LogP contribution is 2.23. The Morgan fingerprint density at radius 3 is 2.53 bits per heavy atom. The summed E-state index contributed by atoms with van der Waals surface area (Å²) >= 11 is 0. The van der Waals surface area contributed by atoms with Gasteiger partial charge in [0.05, 0.1) is 18.1 Å². The van der Waals surface area contributed by atoms with E-state index in [4.69, 9.17) is 0 Å². The zero-order chi connectivity index (χ0) is 24.5. The molecule has 9 heteroatoms. The fourth-order valence-corrected chi connectivity index (χ4v) is 4.04. The summed E-state index contributed by atoms with van der Waals surface area (Å²) < 4.78 is 15.0. The molecule has 1 aliphatic heterocycles. The lowest BCUT2D eigenvalue weighted by atomic mass is 9.85. The number of amides is 3. The van der Waals surface area contributed by atoms with Gasteiger partial charge in [-0.15, -0.1) is 0 Å². The third-order valence-corrected chi connectivity index (χ3v) is 5.85. The molecule has 0 radical (unpaired) electrons. The number of halogens is 1. The van der Waals surface area contributed by atoms with E-state index < -0.39 is 17.4 Å². The van der Waals surface area contributed by atoms with E-state index in [1.54, 1.807) is 22.9 Å². The van der Waals surface area contributed by atoms with Crippen molar-refractivity contribution < 1.29 is 18.8 Å². The Morgan fingerprint density at radius 1 is 1.18 bits per heavy atom. The van der Waals surface area contributed by atoms with E-state index in [2.05, 4.69) is 21.0 Å². The van der Waals surface area contributed by atoms with Crippen LogP contribution in [0.25, 0.3) is 10.9 Å². The van der Waals surface area contributed by atoms with Gasteiger partial charge >= 0.3 is 0 Å². The number of carbonyl (C=O) groups excluding carboxylic acids is 3. The zero-order valence-electron chi connectivity index (χ0n) is 19.4. The highest BCUT2D eigenvalue weighted by molar-refractivity contribution is 6.06. The van der Waals surface area contributed by atoms with Crippen LogP contribution in [0.15, 0.2) is 48.5 Å². The third kappa shape index (κ3) is 5.08. The first-order valence-corrected chi connectivity index (χ1v) is 11.2. The van der Waals surface area contributed by atoms with E-state index in [0.717, 1.165) is 11.1 Å². The summed E-state index contributed by atoms with van der Waals surface area (Å²) in [4.78, 5) is 37.9. The first-order chi connectivity index (χ1) is 16.1. The van der Waals surface area contributed by atoms with Crippen LogP contribution in [0.2, 0.25) is 0 Å². The number of aromatic nitrogens is 2. The van der Waals surface area contributed by atoms with Crippen molar-refractivity contribution in [3.05, 3.63) is 65.6 Å². The standard InChI is InChI=1S/C25H28FN5O3/c1-25(2,3)22(24(34)28-17-12-20(32)27-13-17)29-23(33)21-18-6-4-5-7-19(18)31(30-21)14-15-8-10-16(26)11-9-15/h4-11,17,22H,12-14H2,1-3H3,(H,27,32)(H,28,34)(H,29,33)/t17-,22?/m0/s1. The third-order valence-electron chi connectivity index (χ3n) is 5.85. The molecule has 4 rings (SSSR count). The molecular formula is C25H28FN5O3. The molecule has 178 valence electrons. The van der Waals surface area contributed by atoms with E-state index >= 15 is 0 Å². The minimum atomic E-state index is -0.836. The van der Waals surface area contributed by atoms with Gasteiger partial charge in [0.25, 0.3) is 5.91 Å². The van der Waals surface area contributed by atoms with Gasteiger partial charge < -0.3 is 16.0 Å². The first kappa shape index (κ1) is 23.4. The number of nitrogens with zero attached hydrogens (tertiary/aromatic N) is 2. The van der Waals surface area contributed by atoms with E-state index in [1.165, 1.54) is 12.1 Å². The molecule has 34 heavy (non-hydrogen) atoms. The Labute approximate surface area is 196 Å². The molecule has 3 amide bonds. The Kier molecular flexibility index (Phi) is 6.37. The van der Waals surface area contributed by atoms with Crippen LogP contribution in [-0.4, -0.2) is 46.1 Å². The molecule has 2 heterocycles. The van der Waals surface area contributed by atoms with Crippen LogP contribution in [0.1, 0.15) is 43.2 Å². The second-order valence-corrected chi connectivity index (χ2v) is 9.64. The number of hydrogen-bond donors (Lipinski definition) is 3. The summed E-state index contributed by atoms with van der Waals surface area (Å²) in [7, 11) is 0. The molecular weight excluding hydrogens is 437 g/mol. The molecule has 0 spiro atoms. The van der Waals surface area contributed by atoms with Crippen LogP contribution in [0, 0.1) is 11.2 Å². The summed E-state index contributed by atoms with van der Waals surface area (Å²) in [5, 5.41) is 13.6. The molecule has 0 saturated carbocycles. The molecule has 3 aromatic rings. The maximum absolute atomic E-state index is 13.3. The lowest BCUT2D eigenvalue weighted by Crippen LogP contribution is -2.55. The number of carbonyl (C=O) groups is 3. The lowest BCUT2D eigenvalue weighted by molar-refractivity contribution is -0.126. The average molecular weight is 466 g/mol. The van der Waals surface area contributed by atoms with Crippen molar-refractivity contribution in [3.63, 3.8) is 0 Å². The van der Waals surface area contributed by atoms with Crippen LogP contribution in [0.5, 0.6) is 0 Å². The van der Waals surface area contributed by atoms with Crippen molar-refractivity contribution in [3.8, 4) is 0 Å². The minimum absolute atomic E-state index is 0.111. The van der Waals surface area contributed by atoms with Crippen molar-refractivity contribution in [2.75, 3.05) is 6.54 Å². The molecule has 1 aromatic heterocycles. The molecule has 1 unspecified atom stereocenters. The quantitative estimate of drug-likeness (QED) is 0.520. The maximum Gasteiger partial charge on any atom is 0.273 e. The second kappa shape index (κ2) is 9.24. The van der Waals surface area contributed by atoms with Gasteiger partial charge in [-0.05, 0) is 29.2 Å². The maximum atomic E-state index is 13.3. The van der Waals surface area contributed by atoms with Gasteiger partial charge in [0.1, 0.15) is 11.9 Å². The summed E-state index contributed by atoms with van der Waals surface area (Å²) in [5.41, 5.74) is 1.22. The van der Waals surface area contributed by atoms with Crippen LogP contribution in [0.3, 0.4) is 0 Å². The monoisotopic (exact) mass is 465 g/mol. The van der Waals surface area contributed by atoms with Gasteiger partial charge in [-0.1, -0.05) is 51.1 Å². The van der Waals surface area contributed by atoms with E-state index in [0.29, 0.717) is 18.5 Å². The Bertz CT molecular complexity index is 1230. The molecule has 1 aliphatic rings. The smallest absolute Gasteiger partial charge is 0.273 e. The van der Waals surface area contributed by atoms with Crippen molar-refractivity contribution in [2.45, 2.75) is 45.8 Å². The van der Waals surface area contributed by atoms with Crippen molar-refractivity contribution in [1.29, 1.82) is 0 Å². The summed E-state index contributed by atoms with van der Waals surface area (Å²) in [6.45, 7) is 6.32. The number of nitrogens with one attached hydrogen (secondary N) is 3. The number of fused-ring (bicyclic) bond motifs is 1. The van der Waals surface area contributed by atoms with Gasteiger partial charge in [0.2, 0.25) is 11.8 Å². The highest BCUT2D eigenvalue weighted by Gasteiger charge is 2.36. The van der Waals surface area contributed by atoms with Gasteiger partial charge in [0.15, 0.2) is 5.69 Å². The number of rotatable bonds is 6. The number of benzene rings is 2.